The van der Waals surface area contributed by atoms with Gasteiger partial charge in [-0.2, -0.15) is 5.10 Å². The SMILES string of the molecule is O=[N+]([O-])c1cccc(-c2ncn(Cc3ncc(-c4ccc(F)cc4)o3)n2)c1. The summed E-state index contributed by atoms with van der Waals surface area (Å²) in [6.45, 7) is 0.239. The van der Waals surface area contributed by atoms with E-state index < -0.39 is 4.92 Å². The summed E-state index contributed by atoms with van der Waals surface area (Å²) in [6.07, 6.45) is 3.05. The first kappa shape index (κ1) is 16.6. The van der Waals surface area contributed by atoms with Gasteiger partial charge in [-0.25, -0.2) is 19.0 Å². The number of oxazole rings is 1. The third-order valence-electron chi connectivity index (χ3n) is 3.83. The van der Waals surface area contributed by atoms with Gasteiger partial charge in [-0.15, -0.1) is 0 Å². The van der Waals surface area contributed by atoms with Crippen LogP contribution in [-0.4, -0.2) is 24.7 Å². The lowest BCUT2D eigenvalue weighted by Gasteiger charge is -1.98. The van der Waals surface area contributed by atoms with E-state index in [4.69, 9.17) is 4.42 Å². The number of halogens is 1. The zero-order valence-electron chi connectivity index (χ0n) is 13.8. The van der Waals surface area contributed by atoms with Gasteiger partial charge in [0.2, 0.25) is 5.89 Å². The molecule has 9 heteroatoms. The van der Waals surface area contributed by atoms with Crippen LogP contribution in [0.3, 0.4) is 0 Å². The first-order valence-corrected chi connectivity index (χ1v) is 7.93. The van der Waals surface area contributed by atoms with E-state index in [0.29, 0.717) is 28.6 Å². The molecular formula is C18H12FN5O3. The van der Waals surface area contributed by atoms with Crippen LogP contribution in [0.5, 0.6) is 0 Å². The summed E-state index contributed by atoms with van der Waals surface area (Å²) in [5.74, 6) is 0.965. The van der Waals surface area contributed by atoms with Crippen molar-refractivity contribution in [2.24, 2.45) is 0 Å². The molecule has 2 aromatic carbocycles. The Labute approximate surface area is 152 Å². The molecule has 27 heavy (non-hydrogen) atoms. The van der Waals surface area contributed by atoms with Crippen molar-refractivity contribution in [2.75, 3.05) is 0 Å². The summed E-state index contributed by atoms with van der Waals surface area (Å²) in [6, 6.07) is 12.0. The van der Waals surface area contributed by atoms with E-state index in [0.717, 1.165) is 0 Å². The van der Waals surface area contributed by atoms with Gasteiger partial charge < -0.3 is 4.42 Å². The van der Waals surface area contributed by atoms with Gasteiger partial charge in [0.15, 0.2) is 11.6 Å². The Bertz CT molecular complexity index is 1100. The molecule has 0 unspecified atom stereocenters. The van der Waals surface area contributed by atoms with E-state index in [1.165, 1.54) is 35.3 Å². The van der Waals surface area contributed by atoms with E-state index >= 15 is 0 Å². The van der Waals surface area contributed by atoms with Crippen molar-refractivity contribution in [2.45, 2.75) is 6.54 Å². The Kier molecular flexibility index (Phi) is 4.17. The van der Waals surface area contributed by atoms with Gasteiger partial charge >= 0.3 is 0 Å². The minimum absolute atomic E-state index is 0.0273. The largest absolute Gasteiger partial charge is 0.439 e. The second kappa shape index (κ2) is 6.79. The van der Waals surface area contributed by atoms with E-state index in [-0.39, 0.29) is 18.0 Å². The first-order valence-electron chi connectivity index (χ1n) is 7.93. The number of nitro groups is 1. The highest BCUT2D eigenvalue weighted by atomic mass is 19.1. The van der Waals surface area contributed by atoms with Crippen molar-refractivity contribution in [3.05, 3.63) is 82.9 Å². The Morgan fingerprint density at radius 1 is 1.11 bits per heavy atom. The molecule has 0 bridgehead atoms. The molecular weight excluding hydrogens is 353 g/mol. The molecule has 0 N–H and O–H groups in total. The number of aromatic nitrogens is 4. The number of hydrogen-bond donors (Lipinski definition) is 0. The average molecular weight is 365 g/mol. The fraction of sp³-hybridized carbons (Fsp3) is 0.0556. The average Bonchev–Trinajstić information content (AvgIpc) is 3.33. The molecule has 2 heterocycles. The van der Waals surface area contributed by atoms with Crippen LogP contribution in [0.15, 0.2) is 65.5 Å². The zero-order chi connectivity index (χ0) is 18.8. The second-order valence-electron chi connectivity index (χ2n) is 5.70. The fourth-order valence-electron chi connectivity index (χ4n) is 2.53. The van der Waals surface area contributed by atoms with Gasteiger partial charge in [-0.3, -0.25) is 10.1 Å². The van der Waals surface area contributed by atoms with Crippen LogP contribution < -0.4 is 0 Å². The number of rotatable bonds is 5. The van der Waals surface area contributed by atoms with Crippen molar-refractivity contribution >= 4 is 5.69 Å². The number of non-ortho nitro benzene ring substituents is 1. The summed E-state index contributed by atoms with van der Waals surface area (Å²) in [4.78, 5) is 18.8. The van der Waals surface area contributed by atoms with Gasteiger partial charge in [0.05, 0.1) is 11.1 Å². The molecule has 0 aliphatic heterocycles. The maximum Gasteiger partial charge on any atom is 0.270 e. The lowest BCUT2D eigenvalue weighted by atomic mass is 10.2. The van der Waals surface area contributed by atoms with Gasteiger partial charge in [-0.05, 0) is 24.3 Å². The molecule has 0 aliphatic carbocycles. The summed E-state index contributed by atoms with van der Waals surface area (Å²) >= 11 is 0. The molecule has 2 aromatic heterocycles. The lowest BCUT2D eigenvalue weighted by Crippen LogP contribution is -2.00. The molecule has 0 atom stereocenters. The van der Waals surface area contributed by atoms with Crippen LogP contribution in [0.4, 0.5) is 10.1 Å². The minimum atomic E-state index is -0.468. The van der Waals surface area contributed by atoms with Gasteiger partial charge in [0.1, 0.15) is 18.7 Å². The van der Waals surface area contributed by atoms with Gasteiger partial charge in [-0.1, -0.05) is 12.1 Å². The van der Waals surface area contributed by atoms with Crippen molar-refractivity contribution in [1.29, 1.82) is 0 Å². The summed E-state index contributed by atoms with van der Waals surface area (Å²) in [7, 11) is 0. The molecule has 0 aliphatic rings. The van der Waals surface area contributed by atoms with Crippen LogP contribution in [0.2, 0.25) is 0 Å². The summed E-state index contributed by atoms with van der Waals surface area (Å²) in [5, 5.41) is 15.2. The van der Waals surface area contributed by atoms with Gasteiger partial charge in [0, 0.05) is 23.3 Å². The number of benzene rings is 2. The quantitative estimate of drug-likeness (QED) is 0.395. The lowest BCUT2D eigenvalue weighted by molar-refractivity contribution is -0.384. The molecule has 134 valence electrons. The zero-order valence-corrected chi connectivity index (χ0v) is 13.8. The molecule has 4 rings (SSSR count). The topological polar surface area (TPSA) is 99.9 Å². The highest BCUT2D eigenvalue weighted by Gasteiger charge is 2.12. The number of nitro benzene ring substituents is 1. The van der Waals surface area contributed by atoms with Crippen LogP contribution in [0.1, 0.15) is 5.89 Å². The smallest absolute Gasteiger partial charge is 0.270 e. The molecule has 0 radical (unpaired) electrons. The predicted octanol–water partition coefficient (Wildman–Crippen LogP) is 3.70. The molecule has 0 amide bonds. The maximum atomic E-state index is 13.0. The van der Waals surface area contributed by atoms with Crippen molar-refractivity contribution in [3.8, 4) is 22.7 Å². The maximum absolute atomic E-state index is 13.0. The van der Waals surface area contributed by atoms with Gasteiger partial charge in [0.25, 0.3) is 5.69 Å². The van der Waals surface area contributed by atoms with Crippen LogP contribution in [-0.2, 0) is 6.54 Å². The molecule has 0 fully saturated rings. The van der Waals surface area contributed by atoms with E-state index in [2.05, 4.69) is 15.1 Å². The van der Waals surface area contributed by atoms with E-state index in [9.17, 15) is 14.5 Å². The standard InChI is InChI=1S/C18H12FN5O3/c19-14-6-4-12(5-7-14)16-9-20-17(27-16)10-23-11-21-18(22-23)13-2-1-3-15(8-13)24(25)26/h1-9,11H,10H2. The Morgan fingerprint density at radius 2 is 1.93 bits per heavy atom. The van der Waals surface area contributed by atoms with Crippen LogP contribution >= 0.6 is 0 Å². The molecule has 4 aromatic rings. The predicted molar refractivity (Wildman–Crippen MR) is 93.1 cm³/mol. The number of nitrogens with zero attached hydrogens (tertiary/aromatic N) is 5. The highest BCUT2D eigenvalue weighted by Crippen LogP contribution is 2.22. The summed E-state index contributed by atoms with van der Waals surface area (Å²) < 4.78 is 20.2. The Morgan fingerprint density at radius 3 is 2.70 bits per heavy atom. The minimum Gasteiger partial charge on any atom is -0.439 e. The number of hydrogen-bond acceptors (Lipinski definition) is 6. The first-order chi connectivity index (χ1) is 13.1. The molecule has 0 saturated heterocycles. The summed E-state index contributed by atoms with van der Waals surface area (Å²) in [5.41, 5.74) is 1.23. The monoisotopic (exact) mass is 365 g/mol. The molecule has 0 saturated carbocycles. The fourth-order valence-corrected chi connectivity index (χ4v) is 2.53. The normalized spacial score (nSPS) is 10.9. The Hall–Kier alpha value is -3.88. The third kappa shape index (κ3) is 3.56. The van der Waals surface area contributed by atoms with E-state index in [1.807, 2.05) is 0 Å². The van der Waals surface area contributed by atoms with Crippen molar-refractivity contribution < 1.29 is 13.7 Å². The molecule has 8 nitrogen and oxygen atoms in total. The van der Waals surface area contributed by atoms with E-state index in [1.54, 1.807) is 30.5 Å². The second-order valence-corrected chi connectivity index (χ2v) is 5.70. The van der Waals surface area contributed by atoms with Crippen LogP contribution in [0, 0.1) is 15.9 Å². The molecule has 0 spiro atoms. The highest BCUT2D eigenvalue weighted by molar-refractivity contribution is 5.58. The van der Waals surface area contributed by atoms with Crippen LogP contribution in [0.25, 0.3) is 22.7 Å². The third-order valence-corrected chi connectivity index (χ3v) is 3.83. The van der Waals surface area contributed by atoms with Crippen molar-refractivity contribution in [1.82, 2.24) is 19.7 Å². The Balaban J connectivity index is 1.52. The van der Waals surface area contributed by atoms with Crippen molar-refractivity contribution in [3.63, 3.8) is 0 Å².